The maximum absolute atomic E-state index is 11.0. The van der Waals surface area contributed by atoms with E-state index in [0.717, 1.165) is 12.0 Å². The predicted octanol–water partition coefficient (Wildman–Crippen LogP) is 1.79. The molecule has 0 fully saturated rings. The van der Waals surface area contributed by atoms with Crippen LogP contribution in [0.4, 0.5) is 0 Å². The Balaban J connectivity index is 2.62. The zero-order valence-electron chi connectivity index (χ0n) is 10.8. The highest BCUT2D eigenvalue weighted by molar-refractivity contribution is 5.72. The normalized spacial score (nSPS) is 10.3. The number of aromatic nitrogens is 1. The van der Waals surface area contributed by atoms with Gasteiger partial charge in [-0.15, -0.1) is 0 Å². The highest BCUT2D eigenvalue weighted by atomic mass is 16.5. The van der Waals surface area contributed by atoms with E-state index in [9.17, 15) is 9.59 Å². The van der Waals surface area contributed by atoms with Gasteiger partial charge in [-0.3, -0.25) is 9.59 Å². The van der Waals surface area contributed by atoms with Crippen molar-refractivity contribution in [1.82, 2.24) is 4.57 Å². The third-order valence-corrected chi connectivity index (χ3v) is 2.67. The number of nitrogens with zero attached hydrogens (tertiary/aromatic N) is 1. The van der Waals surface area contributed by atoms with E-state index in [1.54, 1.807) is 6.07 Å². The molecule has 5 heteroatoms. The van der Waals surface area contributed by atoms with Crippen molar-refractivity contribution in [2.75, 3.05) is 13.7 Å². The number of rotatable bonds is 8. The average Bonchev–Trinajstić information content (AvgIpc) is 2.78. The van der Waals surface area contributed by atoms with Gasteiger partial charge in [0.05, 0.1) is 19.4 Å². The molecular formula is C13H19NO4. The lowest BCUT2D eigenvalue weighted by atomic mass is 10.3. The van der Waals surface area contributed by atoms with Crippen LogP contribution in [-0.2, 0) is 27.4 Å². The topological polar surface area (TPSA) is 57.5 Å². The quantitative estimate of drug-likeness (QED) is 0.523. The molecule has 0 saturated heterocycles. The number of carbonyl (C=O) groups is 2. The van der Waals surface area contributed by atoms with Crippen LogP contribution in [0.25, 0.3) is 0 Å². The molecule has 0 unspecified atom stereocenters. The van der Waals surface area contributed by atoms with Crippen LogP contribution in [-0.4, -0.2) is 30.5 Å². The van der Waals surface area contributed by atoms with Crippen molar-refractivity contribution in [2.45, 2.75) is 32.9 Å². The molecule has 0 radical (unpaired) electrons. The Morgan fingerprint density at radius 2 is 2.22 bits per heavy atom. The Morgan fingerprint density at radius 1 is 1.44 bits per heavy atom. The first kappa shape index (κ1) is 14.4. The van der Waals surface area contributed by atoms with Crippen LogP contribution < -0.4 is 0 Å². The van der Waals surface area contributed by atoms with Gasteiger partial charge in [0.2, 0.25) is 0 Å². The summed E-state index contributed by atoms with van der Waals surface area (Å²) in [5.41, 5.74) is 1.55. The Morgan fingerprint density at radius 3 is 2.83 bits per heavy atom. The molecule has 1 heterocycles. The van der Waals surface area contributed by atoms with Gasteiger partial charge in [-0.1, -0.05) is 0 Å². The summed E-state index contributed by atoms with van der Waals surface area (Å²) < 4.78 is 11.8. The maximum atomic E-state index is 11.0. The second kappa shape index (κ2) is 7.66. The molecule has 1 rings (SSSR count). The summed E-state index contributed by atoms with van der Waals surface area (Å²) >= 11 is 0. The minimum Gasteiger partial charge on any atom is -0.469 e. The third-order valence-electron chi connectivity index (χ3n) is 2.67. The number of ether oxygens (including phenoxy) is 2. The number of hydrogen-bond acceptors (Lipinski definition) is 4. The summed E-state index contributed by atoms with van der Waals surface area (Å²) in [5.74, 6) is -0.235. The zero-order chi connectivity index (χ0) is 13.4. The highest BCUT2D eigenvalue weighted by Crippen LogP contribution is 2.11. The van der Waals surface area contributed by atoms with Crippen LogP contribution in [0, 0.1) is 0 Å². The predicted molar refractivity (Wildman–Crippen MR) is 66.4 cm³/mol. The molecule has 0 aliphatic heterocycles. The van der Waals surface area contributed by atoms with Crippen LogP contribution in [0.1, 0.15) is 35.9 Å². The second-order valence-electron chi connectivity index (χ2n) is 3.84. The van der Waals surface area contributed by atoms with E-state index in [-0.39, 0.29) is 5.97 Å². The lowest BCUT2D eigenvalue weighted by Gasteiger charge is -2.10. The van der Waals surface area contributed by atoms with Gasteiger partial charge in [0, 0.05) is 25.3 Å². The van der Waals surface area contributed by atoms with Gasteiger partial charge in [0.15, 0.2) is 6.29 Å². The maximum Gasteiger partial charge on any atom is 0.305 e. The summed E-state index contributed by atoms with van der Waals surface area (Å²) in [7, 11) is 1.37. The van der Waals surface area contributed by atoms with Crippen molar-refractivity contribution in [1.29, 1.82) is 0 Å². The van der Waals surface area contributed by atoms with E-state index in [4.69, 9.17) is 4.74 Å². The van der Waals surface area contributed by atoms with Crippen molar-refractivity contribution in [3.05, 3.63) is 23.5 Å². The molecule has 0 bridgehead atoms. The van der Waals surface area contributed by atoms with Crippen molar-refractivity contribution in [3.63, 3.8) is 0 Å². The SMILES string of the molecule is CCOCc1ccc(C=O)n1CCCC(=O)OC. The van der Waals surface area contributed by atoms with Gasteiger partial charge in [-0.05, 0) is 25.5 Å². The molecule has 100 valence electrons. The minimum atomic E-state index is -0.235. The molecule has 1 aromatic heterocycles. The summed E-state index contributed by atoms with van der Waals surface area (Å²) in [6, 6.07) is 3.64. The van der Waals surface area contributed by atoms with Crippen molar-refractivity contribution >= 4 is 12.3 Å². The van der Waals surface area contributed by atoms with Gasteiger partial charge in [-0.2, -0.15) is 0 Å². The van der Waals surface area contributed by atoms with E-state index in [1.807, 2.05) is 17.6 Å². The standard InChI is InChI=1S/C13H19NO4/c1-3-18-10-12-7-6-11(9-15)14(12)8-4-5-13(16)17-2/h6-7,9H,3-5,8,10H2,1-2H3. The smallest absolute Gasteiger partial charge is 0.305 e. The van der Waals surface area contributed by atoms with Crippen LogP contribution in [0.2, 0.25) is 0 Å². The molecule has 0 aromatic carbocycles. The summed E-state index contributed by atoms with van der Waals surface area (Å²) in [5, 5.41) is 0. The molecule has 0 saturated carbocycles. The molecule has 0 aliphatic carbocycles. The Kier molecular flexibility index (Phi) is 6.14. The number of hydrogen-bond donors (Lipinski definition) is 0. The van der Waals surface area contributed by atoms with Crippen LogP contribution in [0.5, 0.6) is 0 Å². The highest BCUT2D eigenvalue weighted by Gasteiger charge is 2.08. The van der Waals surface area contributed by atoms with E-state index >= 15 is 0 Å². The minimum absolute atomic E-state index is 0.235. The summed E-state index contributed by atoms with van der Waals surface area (Å²) in [6.45, 7) is 3.63. The van der Waals surface area contributed by atoms with Crippen LogP contribution in [0.15, 0.2) is 12.1 Å². The molecule has 5 nitrogen and oxygen atoms in total. The van der Waals surface area contributed by atoms with Crippen molar-refractivity contribution < 1.29 is 19.1 Å². The lowest BCUT2D eigenvalue weighted by Crippen LogP contribution is -2.10. The third kappa shape index (κ3) is 4.00. The van der Waals surface area contributed by atoms with Gasteiger partial charge in [0.1, 0.15) is 0 Å². The van der Waals surface area contributed by atoms with E-state index in [0.29, 0.717) is 38.3 Å². The second-order valence-corrected chi connectivity index (χ2v) is 3.84. The molecule has 1 aromatic rings. The van der Waals surface area contributed by atoms with E-state index < -0.39 is 0 Å². The summed E-state index contributed by atoms with van der Waals surface area (Å²) in [6.07, 6.45) is 1.80. The Labute approximate surface area is 107 Å². The van der Waals surface area contributed by atoms with Gasteiger partial charge in [0.25, 0.3) is 0 Å². The largest absolute Gasteiger partial charge is 0.469 e. The van der Waals surface area contributed by atoms with Crippen molar-refractivity contribution in [3.8, 4) is 0 Å². The molecule has 0 atom stereocenters. The molecule has 0 N–H and O–H groups in total. The van der Waals surface area contributed by atoms with Crippen molar-refractivity contribution in [2.24, 2.45) is 0 Å². The number of carbonyl (C=O) groups excluding carboxylic acids is 2. The van der Waals surface area contributed by atoms with Gasteiger partial charge in [-0.25, -0.2) is 0 Å². The monoisotopic (exact) mass is 253 g/mol. The molecule has 0 amide bonds. The van der Waals surface area contributed by atoms with Crippen LogP contribution in [0.3, 0.4) is 0 Å². The average molecular weight is 253 g/mol. The summed E-state index contributed by atoms with van der Waals surface area (Å²) in [4.78, 5) is 21.9. The molecule has 0 aliphatic rings. The Bertz CT molecular complexity index is 398. The molecular weight excluding hydrogens is 234 g/mol. The number of esters is 1. The fourth-order valence-corrected chi connectivity index (χ4v) is 1.72. The first-order valence-corrected chi connectivity index (χ1v) is 6.01. The number of aldehydes is 1. The van der Waals surface area contributed by atoms with Crippen LogP contribution >= 0.6 is 0 Å². The fourth-order valence-electron chi connectivity index (χ4n) is 1.72. The van der Waals surface area contributed by atoms with E-state index in [1.165, 1.54) is 7.11 Å². The molecule has 18 heavy (non-hydrogen) atoms. The van der Waals surface area contributed by atoms with Gasteiger partial charge >= 0.3 is 5.97 Å². The Hall–Kier alpha value is -1.62. The lowest BCUT2D eigenvalue weighted by molar-refractivity contribution is -0.140. The molecule has 0 spiro atoms. The zero-order valence-corrected chi connectivity index (χ0v) is 10.8. The number of methoxy groups -OCH3 is 1. The van der Waals surface area contributed by atoms with Gasteiger partial charge < -0.3 is 14.0 Å². The van der Waals surface area contributed by atoms with E-state index in [2.05, 4.69) is 4.74 Å². The fraction of sp³-hybridized carbons (Fsp3) is 0.538. The first-order valence-electron chi connectivity index (χ1n) is 6.01. The first-order chi connectivity index (χ1) is 8.72.